The van der Waals surface area contributed by atoms with Crippen molar-refractivity contribution in [1.82, 2.24) is 10.3 Å². The summed E-state index contributed by atoms with van der Waals surface area (Å²) in [6.45, 7) is 3.87. The summed E-state index contributed by atoms with van der Waals surface area (Å²) in [6, 6.07) is 4.31. The van der Waals surface area contributed by atoms with E-state index in [4.69, 9.17) is 0 Å². The Bertz CT molecular complexity index is 409. The molecular weight excluding hydrogens is 204 g/mol. The number of hydrogen-bond donors (Lipinski definition) is 1. The Morgan fingerprint density at radius 2 is 2.13 bits per heavy atom. The molecule has 2 nitrogen and oxygen atoms in total. The van der Waals surface area contributed by atoms with E-state index in [1.165, 1.54) is 16.7 Å². The van der Waals surface area contributed by atoms with Gasteiger partial charge in [0.2, 0.25) is 0 Å². The number of nitrogens with zero attached hydrogens (tertiary/aromatic N) is 1. The molecule has 1 N–H and O–H groups in total. The van der Waals surface area contributed by atoms with Crippen LogP contribution in [0, 0.1) is 6.92 Å². The first-order valence-electron chi connectivity index (χ1n) is 4.97. The normalized spacial score (nSPS) is 10.5. The summed E-state index contributed by atoms with van der Waals surface area (Å²) in [5.41, 5.74) is 3.80. The molecule has 0 atom stereocenters. The standard InChI is InChI=1S/C12H14N2S/c1-10-4-12(7-13-5-10)8-14-6-11-2-3-15-9-11/h2-5,7,9,14H,6,8H2,1H3. The lowest BCUT2D eigenvalue weighted by Gasteiger charge is -2.03. The molecule has 0 unspecified atom stereocenters. The van der Waals surface area contributed by atoms with Gasteiger partial charge in [0.15, 0.2) is 0 Å². The lowest BCUT2D eigenvalue weighted by atomic mass is 10.2. The Morgan fingerprint density at radius 1 is 1.27 bits per heavy atom. The molecule has 0 aliphatic heterocycles. The quantitative estimate of drug-likeness (QED) is 0.853. The third-order valence-electron chi connectivity index (χ3n) is 2.17. The second-order valence-corrected chi connectivity index (χ2v) is 4.39. The van der Waals surface area contributed by atoms with Crippen molar-refractivity contribution >= 4 is 11.3 Å². The zero-order valence-electron chi connectivity index (χ0n) is 8.73. The van der Waals surface area contributed by atoms with Gasteiger partial charge in [0, 0.05) is 25.5 Å². The second-order valence-electron chi connectivity index (χ2n) is 3.61. The van der Waals surface area contributed by atoms with E-state index in [2.05, 4.69) is 40.1 Å². The third kappa shape index (κ3) is 3.15. The molecule has 15 heavy (non-hydrogen) atoms. The predicted octanol–water partition coefficient (Wildman–Crippen LogP) is 2.74. The monoisotopic (exact) mass is 218 g/mol. The summed E-state index contributed by atoms with van der Waals surface area (Å²) in [5.74, 6) is 0. The molecule has 0 aromatic carbocycles. The summed E-state index contributed by atoms with van der Waals surface area (Å²) >= 11 is 1.74. The maximum Gasteiger partial charge on any atom is 0.0313 e. The molecule has 0 radical (unpaired) electrons. The SMILES string of the molecule is Cc1cncc(CNCc2ccsc2)c1. The van der Waals surface area contributed by atoms with E-state index in [-0.39, 0.29) is 0 Å². The van der Waals surface area contributed by atoms with E-state index in [0.717, 1.165) is 13.1 Å². The van der Waals surface area contributed by atoms with E-state index in [0.29, 0.717) is 0 Å². The lowest BCUT2D eigenvalue weighted by molar-refractivity contribution is 0.692. The van der Waals surface area contributed by atoms with Crippen molar-refractivity contribution in [3.05, 3.63) is 52.0 Å². The molecule has 0 spiro atoms. The van der Waals surface area contributed by atoms with Crippen LogP contribution in [0.1, 0.15) is 16.7 Å². The summed E-state index contributed by atoms with van der Waals surface area (Å²) in [4.78, 5) is 4.16. The Morgan fingerprint density at radius 3 is 2.87 bits per heavy atom. The Hall–Kier alpha value is -1.19. The summed E-state index contributed by atoms with van der Waals surface area (Å²) in [7, 11) is 0. The zero-order valence-corrected chi connectivity index (χ0v) is 9.55. The van der Waals surface area contributed by atoms with Gasteiger partial charge in [-0.2, -0.15) is 11.3 Å². The van der Waals surface area contributed by atoms with Gasteiger partial charge < -0.3 is 5.32 Å². The molecule has 2 rings (SSSR count). The van der Waals surface area contributed by atoms with Crippen LogP contribution in [0.5, 0.6) is 0 Å². The van der Waals surface area contributed by atoms with Crippen LogP contribution in [0.25, 0.3) is 0 Å². The van der Waals surface area contributed by atoms with E-state index in [1.54, 1.807) is 11.3 Å². The van der Waals surface area contributed by atoms with Gasteiger partial charge in [-0.05, 0) is 40.4 Å². The van der Waals surface area contributed by atoms with Crippen LogP contribution < -0.4 is 5.32 Å². The minimum atomic E-state index is 0.879. The Kier molecular flexibility index (Phi) is 3.48. The summed E-state index contributed by atoms with van der Waals surface area (Å²) < 4.78 is 0. The van der Waals surface area contributed by atoms with E-state index < -0.39 is 0 Å². The number of aromatic nitrogens is 1. The fourth-order valence-corrected chi connectivity index (χ4v) is 2.13. The van der Waals surface area contributed by atoms with Crippen molar-refractivity contribution in [2.75, 3.05) is 0 Å². The van der Waals surface area contributed by atoms with Crippen molar-refractivity contribution in [3.63, 3.8) is 0 Å². The van der Waals surface area contributed by atoms with E-state index in [1.807, 2.05) is 12.4 Å². The second kappa shape index (κ2) is 5.05. The third-order valence-corrected chi connectivity index (χ3v) is 2.90. The first-order chi connectivity index (χ1) is 7.34. The van der Waals surface area contributed by atoms with Crippen LogP contribution in [0.2, 0.25) is 0 Å². The van der Waals surface area contributed by atoms with Gasteiger partial charge in [0.1, 0.15) is 0 Å². The number of thiophene rings is 1. The van der Waals surface area contributed by atoms with Crippen molar-refractivity contribution < 1.29 is 0 Å². The molecule has 0 aliphatic rings. The van der Waals surface area contributed by atoms with Crippen LogP contribution in [0.15, 0.2) is 35.3 Å². The van der Waals surface area contributed by atoms with Gasteiger partial charge in [0.05, 0.1) is 0 Å². The van der Waals surface area contributed by atoms with Crippen LogP contribution in [-0.4, -0.2) is 4.98 Å². The lowest BCUT2D eigenvalue weighted by Crippen LogP contribution is -2.12. The van der Waals surface area contributed by atoms with Gasteiger partial charge in [0.25, 0.3) is 0 Å². The van der Waals surface area contributed by atoms with Gasteiger partial charge in [-0.1, -0.05) is 6.07 Å². The van der Waals surface area contributed by atoms with Crippen molar-refractivity contribution in [2.24, 2.45) is 0 Å². The number of aryl methyl sites for hydroxylation is 1. The maximum absolute atomic E-state index is 4.16. The molecular formula is C12H14N2S. The van der Waals surface area contributed by atoms with Crippen LogP contribution in [-0.2, 0) is 13.1 Å². The van der Waals surface area contributed by atoms with Gasteiger partial charge >= 0.3 is 0 Å². The maximum atomic E-state index is 4.16. The molecule has 0 fully saturated rings. The van der Waals surface area contributed by atoms with E-state index in [9.17, 15) is 0 Å². The molecule has 78 valence electrons. The first-order valence-corrected chi connectivity index (χ1v) is 5.91. The summed E-state index contributed by atoms with van der Waals surface area (Å²) in [6.07, 6.45) is 3.79. The Labute approximate surface area is 94.0 Å². The minimum Gasteiger partial charge on any atom is -0.309 e. The first kappa shape index (κ1) is 10.3. The molecule has 0 bridgehead atoms. The fraction of sp³-hybridized carbons (Fsp3) is 0.250. The molecule has 0 aliphatic carbocycles. The van der Waals surface area contributed by atoms with Crippen LogP contribution >= 0.6 is 11.3 Å². The fourth-order valence-electron chi connectivity index (χ4n) is 1.46. The number of rotatable bonds is 4. The Balaban J connectivity index is 1.83. The molecule has 0 saturated heterocycles. The van der Waals surface area contributed by atoms with Gasteiger partial charge in [-0.25, -0.2) is 0 Å². The topological polar surface area (TPSA) is 24.9 Å². The van der Waals surface area contributed by atoms with Gasteiger partial charge in [-0.3, -0.25) is 4.98 Å². The number of nitrogens with one attached hydrogen (secondary N) is 1. The highest BCUT2D eigenvalue weighted by molar-refractivity contribution is 7.07. The minimum absolute atomic E-state index is 0.879. The van der Waals surface area contributed by atoms with Crippen LogP contribution in [0.3, 0.4) is 0 Å². The molecule has 0 amide bonds. The zero-order chi connectivity index (χ0) is 10.5. The average Bonchev–Trinajstić information content (AvgIpc) is 2.71. The van der Waals surface area contributed by atoms with Crippen molar-refractivity contribution in [1.29, 1.82) is 0 Å². The van der Waals surface area contributed by atoms with Crippen LogP contribution in [0.4, 0.5) is 0 Å². The van der Waals surface area contributed by atoms with Crippen molar-refractivity contribution in [3.8, 4) is 0 Å². The molecule has 2 aromatic heterocycles. The highest BCUT2D eigenvalue weighted by Gasteiger charge is 1.95. The number of pyridine rings is 1. The van der Waals surface area contributed by atoms with Gasteiger partial charge in [-0.15, -0.1) is 0 Å². The largest absolute Gasteiger partial charge is 0.309 e. The van der Waals surface area contributed by atoms with Crippen molar-refractivity contribution in [2.45, 2.75) is 20.0 Å². The number of hydrogen-bond acceptors (Lipinski definition) is 3. The molecule has 0 saturated carbocycles. The predicted molar refractivity (Wildman–Crippen MR) is 63.8 cm³/mol. The summed E-state index contributed by atoms with van der Waals surface area (Å²) in [5, 5.41) is 7.67. The molecule has 2 aromatic rings. The highest BCUT2D eigenvalue weighted by Crippen LogP contribution is 2.06. The van der Waals surface area contributed by atoms with E-state index >= 15 is 0 Å². The highest BCUT2D eigenvalue weighted by atomic mass is 32.1. The average molecular weight is 218 g/mol. The smallest absolute Gasteiger partial charge is 0.0313 e. The molecule has 3 heteroatoms. The molecule has 2 heterocycles.